The molecule has 0 radical (unpaired) electrons. The molecule has 24 heavy (non-hydrogen) atoms. The Morgan fingerprint density at radius 1 is 1.12 bits per heavy atom. The van der Waals surface area contributed by atoms with Gasteiger partial charge in [-0.1, -0.05) is 18.2 Å². The number of amides is 1. The number of carbonyl (C=O) groups excluding carboxylic acids is 1. The Morgan fingerprint density at radius 3 is 2.50 bits per heavy atom. The number of nitrogens with zero attached hydrogens (tertiary/aromatic N) is 1. The predicted octanol–water partition coefficient (Wildman–Crippen LogP) is 3.18. The number of hydrogen-bond acceptors (Lipinski definition) is 5. The van der Waals surface area contributed by atoms with Gasteiger partial charge in [0.1, 0.15) is 11.5 Å². The lowest BCUT2D eigenvalue weighted by Crippen LogP contribution is -2.13. The Bertz CT molecular complexity index is 746. The van der Waals surface area contributed by atoms with E-state index in [1.54, 1.807) is 7.11 Å². The van der Waals surface area contributed by atoms with Crippen molar-refractivity contribution in [2.45, 2.75) is 12.8 Å². The van der Waals surface area contributed by atoms with Crippen LogP contribution in [-0.4, -0.2) is 25.1 Å². The Labute approximate surface area is 139 Å². The monoisotopic (exact) mass is 330 g/mol. The highest BCUT2D eigenvalue weighted by molar-refractivity contribution is 5.92. The molecule has 0 saturated heterocycles. The van der Waals surface area contributed by atoms with Gasteiger partial charge in [-0.05, 0) is 24.1 Å². The van der Waals surface area contributed by atoms with Crippen molar-refractivity contribution in [3.05, 3.63) is 58.1 Å². The minimum Gasteiger partial charge on any atom is -0.496 e. The third-order valence-corrected chi connectivity index (χ3v) is 3.48. The lowest BCUT2D eigenvalue weighted by molar-refractivity contribution is -0.384. The van der Waals surface area contributed by atoms with Crippen molar-refractivity contribution in [2.75, 3.05) is 19.5 Å². The number of hydrogen-bond donors (Lipinski definition) is 1. The average molecular weight is 330 g/mol. The molecule has 2 rings (SSSR count). The lowest BCUT2D eigenvalue weighted by Gasteiger charge is -2.11. The fourth-order valence-corrected chi connectivity index (χ4v) is 2.28. The third-order valence-electron chi connectivity index (χ3n) is 3.48. The maximum Gasteiger partial charge on any atom is 0.271 e. The number of ether oxygens (including phenoxy) is 2. The van der Waals surface area contributed by atoms with Crippen molar-refractivity contribution < 1.29 is 19.2 Å². The highest BCUT2D eigenvalue weighted by Gasteiger charge is 2.14. The molecule has 0 fully saturated rings. The van der Waals surface area contributed by atoms with Crippen LogP contribution in [0.3, 0.4) is 0 Å². The van der Waals surface area contributed by atoms with Gasteiger partial charge in [-0.15, -0.1) is 0 Å². The van der Waals surface area contributed by atoms with E-state index in [4.69, 9.17) is 9.47 Å². The van der Waals surface area contributed by atoms with E-state index < -0.39 is 4.92 Å². The van der Waals surface area contributed by atoms with Gasteiger partial charge >= 0.3 is 0 Å². The second-order valence-electron chi connectivity index (χ2n) is 5.00. The van der Waals surface area contributed by atoms with Crippen LogP contribution in [0, 0.1) is 10.1 Å². The van der Waals surface area contributed by atoms with Gasteiger partial charge in [0, 0.05) is 18.6 Å². The van der Waals surface area contributed by atoms with Gasteiger partial charge < -0.3 is 14.8 Å². The maximum atomic E-state index is 12.2. The first kappa shape index (κ1) is 17.3. The number of nitro benzene ring substituents is 1. The number of non-ortho nitro benzene ring substituents is 1. The van der Waals surface area contributed by atoms with E-state index >= 15 is 0 Å². The largest absolute Gasteiger partial charge is 0.496 e. The standard InChI is InChI=1S/C17H18N2O5/c1-23-15-6-4-3-5-12(15)7-10-17(20)18-14-11-13(19(21)22)8-9-16(14)24-2/h3-6,8-9,11H,7,10H2,1-2H3,(H,18,20). The number of carbonyl (C=O) groups is 1. The molecule has 0 unspecified atom stereocenters. The van der Waals surface area contributed by atoms with Gasteiger partial charge in [0.05, 0.1) is 24.8 Å². The normalized spacial score (nSPS) is 10.1. The molecule has 0 saturated carbocycles. The van der Waals surface area contributed by atoms with Crippen LogP contribution in [-0.2, 0) is 11.2 Å². The average Bonchev–Trinajstić information content (AvgIpc) is 2.60. The molecular formula is C17H18N2O5. The third kappa shape index (κ3) is 4.22. The zero-order valence-electron chi connectivity index (χ0n) is 13.4. The van der Waals surface area contributed by atoms with E-state index in [2.05, 4.69) is 5.32 Å². The molecular weight excluding hydrogens is 312 g/mol. The van der Waals surface area contributed by atoms with Crippen LogP contribution >= 0.6 is 0 Å². The number of rotatable bonds is 7. The number of anilines is 1. The molecule has 0 spiro atoms. The predicted molar refractivity (Wildman–Crippen MR) is 89.6 cm³/mol. The highest BCUT2D eigenvalue weighted by atomic mass is 16.6. The van der Waals surface area contributed by atoms with E-state index in [1.165, 1.54) is 25.3 Å². The van der Waals surface area contributed by atoms with E-state index in [0.29, 0.717) is 12.2 Å². The molecule has 2 aromatic carbocycles. The Balaban J connectivity index is 2.06. The van der Waals surface area contributed by atoms with E-state index in [9.17, 15) is 14.9 Å². The summed E-state index contributed by atoms with van der Waals surface area (Å²) >= 11 is 0. The van der Waals surface area contributed by atoms with Crippen molar-refractivity contribution in [3.8, 4) is 11.5 Å². The first-order chi connectivity index (χ1) is 11.5. The van der Waals surface area contributed by atoms with Crippen LogP contribution in [0.25, 0.3) is 0 Å². The fraction of sp³-hybridized carbons (Fsp3) is 0.235. The molecule has 0 aliphatic rings. The van der Waals surface area contributed by atoms with Gasteiger partial charge in [-0.2, -0.15) is 0 Å². The van der Waals surface area contributed by atoms with Gasteiger partial charge in [0.25, 0.3) is 5.69 Å². The molecule has 0 aromatic heterocycles. The van der Waals surface area contributed by atoms with Crippen molar-refractivity contribution in [3.63, 3.8) is 0 Å². The zero-order valence-corrected chi connectivity index (χ0v) is 13.4. The molecule has 0 aliphatic heterocycles. The van der Waals surface area contributed by atoms with E-state index in [-0.39, 0.29) is 23.7 Å². The summed E-state index contributed by atoms with van der Waals surface area (Å²) in [4.78, 5) is 22.5. The van der Waals surface area contributed by atoms with Gasteiger partial charge in [-0.25, -0.2) is 0 Å². The van der Waals surface area contributed by atoms with Crippen molar-refractivity contribution >= 4 is 17.3 Å². The summed E-state index contributed by atoms with van der Waals surface area (Å²) in [6, 6.07) is 11.5. The molecule has 2 aromatic rings. The van der Waals surface area contributed by atoms with E-state index in [0.717, 1.165) is 11.3 Å². The Morgan fingerprint density at radius 2 is 1.83 bits per heavy atom. The number of aryl methyl sites for hydroxylation is 1. The fourth-order valence-electron chi connectivity index (χ4n) is 2.28. The van der Waals surface area contributed by atoms with Crippen LogP contribution in [0.5, 0.6) is 11.5 Å². The maximum absolute atomic E-state index is 12.2. The number of benzene rings is 2. The summed E-state index contributed by atoms with van der Waals surface area (Å²) in [6.07, 6.45) is 0.708. The first-order valence-electron chi connectivity index (χ1n) is 7.29. The van der Waals surface area contributed by atoms with Crippen LogP contribution in [0.15, 0.2) is 42.5 Å². The molecule has 0 bridgehead atoms. The van der Waals surface area contributed by atoms with Crippen molar-refractivity contribution in [2.24, 2.45) is 0 Å². The van der Waals surface area contributed by atoms with Crippen LogP contribution < -0.4 is 14.8 Å². The summed E-state index contributed by atoms with van der Waals surface area (Å²) in [5, 5.41) is 13.5. The van der Waals surface area contributed by atoms with Crippen LogP contribution in [0.1, 0.15) is 12.0 Å². The second-order valence-corrected chi connectivity index (χ2v) is 5.00. The first-order valence-corrected chi connectivity index (χ1v) is 7.29. The highest BCUT2D eigenvalue weighted by Crippen LogP contribution is 2.29. The van der Waals surface area contributed by atoms with Gasteiger partial charge in [0.2, 0.25) is 5.91 Å². The van der Waals surface area contributed by atoms with Crippen LogP contribution in [0.2, 0.25) is 0 Å². The van der Waals surface area contributed by atoms with Crippen LogP contribution in [0.4, 0.5) is 11.4 Å². The quantitative estimate of drug-likeness (QED) is 0.622. The van der Waals surface area contributed by atoms with Gasteiger partial charge in [0.15, 0.2) is 0 Å². The zero-order chi connectivity index (χ0) is 17.5. The summed E-state index contributed by atoms with van der Waals surface area (Å²) in [5.74, 6) is 0.823. The summed E-state index contributed by atoms with van der Waals surface area (Å²) in [7, 11) is 3.01. The number of nitrogens with one attached hydrogen (secondary N) is 1. The molecule has 0 atom stereocenters. The molecule has 7 nitrogen and oxygen atoms in total. The summed E-state index contributed by atoms with van der Waals surface area (Å²) in [5.41, 5.74) is 1.08. The topological polar surface area (TPSA) is 90.7 Å². The van der Waals surface area contributed by atoms with Crippen molar-refractivity contribution in [1.82, 2.24) is 0 Å². The summed E-state index contributed by atoms with van der Waals surface area (Å²) in [6.45, 7) is 0. The smallest absolute Gasteiger partial charge is 0.271 e. The van der Waals surface area contributed by atoms with Crippen molar-refractivity contribution in [1.29, 1.82) is 0 Å². The minimum absolute atomic E-state index is 0.115. The Hall–Kier alpha value is -3.09. The molecule has 1 amide bonds. The molecule has 0 heterocycles. The molecule has 126 valence electrons. The summed E-state index contributed by atoms with van der Waals surface area (Å²) < 4.78 is 10.4. The SMILES string of the molecule is COc1ccccc1CCC(=O)Nc1cc([N+](=O)[O-])ccc1OC. The Kier molecular flexibility index (Phi) is 5.73. The molecule has 1 N–H and O–H groups in total. The molecule has 0 aliphatic carbocycles. The minimum atomic E-state index is -0.524. The van der Waals surface area contributed by atoms with E-state index in [1.807, 2.05) is 24.3 Å². The van der Waals surface area contributed by atoms with Gasteiger partial charge in [-0.3, -0.25) is 14.9 Å². The molecule has 7 heteroatoms. The number of nitro groups is 1. The second kappa shape index (κ2) is 7.96. The number of methoxy groups -OCH3 is 2. The lowest BCUT2D eigenvalue weighted by atomic mass is 10.1. The number of para-hydroxylation sites is 1.